The standard InChI is InChI=1S/C13H14O/c1-3-4-12-5-7-13(8-6-12)9-11(2)10-14/h3,5-10H,1,4H2,2H3/b11-9+. The van der Waals surface area contributed by atoms with E-state index in [-0.39, 0.29) is 0 Å². The molecular formula is C13H14O. The minimum Gasteiger partial charge on any atom is -0.298 e. The lowest BCUT2D eigenvalue weighted by Gasteiger charge is -1.98. The van der Waals surface area contributed by atoms with Gasteiger partial charge in [-0.15, -0.1) is 6.58 Å². The van der Waals surface area contributed by atoms with Crippen molar-refractivity contribution >= 4 is 12.4 Å². The molecule has 1 aromatic carbocycles. The Morgan fingerprint density at radius 2 is 2.00 bits per heavy atom. The second kappa shape index (κ2) is 5.18. The highest BCUT2D eigenvalue weighted by Crippen LogP contribution is 2.08. The van der Waals surface area contributed by atoms with E-state index in [9.17, 15) is 4.79 Å². The van der Waals surface area contributed by atoms with Gasteiger partial charge in [0.2, 0.25) is 0 Å². The van der Waals surface area contributed by atoms with Crippen LogP contribution in [0.2, 0.25) is 0 Å². The maximum absolute atomic E-state index is 10.4. The van der Waals surface area contributed by atoms with Gasteiger partial charge >= 0.3 is 0 Å². The van der Waals surface area contributed by atoms with Gasteiger partial charge in [-0.2, -0.15) is 0 Å². The van der Waals surface area contributed by atoms with E-state index in [1.165, 1.54) is 5.56 Å². The van der Waals surface area contributed by atoms with E-state index in [4.69, 9.17) is 0 Å². The van der Waals surface area contributed by atoms with E-state index in [1.54, 1.807) is 6.92 Å². The number of hydrogen-bond donors (Lipinski definition) is 0. The predicted molar refractivity (Wildman–Crippen MR) is 60.1 cm³/mol. The summed E-state index contributed by atoms with van der Waals surface area (Å²) < 4.78 is 0. The van der Waals surface area contributed by atoms with Gasteiger partial charge < -0.3 is 0 Å². The van der Waals surface area contributed by atoms with Crippen LogP contribution in [0.25, 0.3) is 6.08 Å². The molecule has 0 amide bonds. The summed E-state index contributed by atoms with van der Waals surface area (Å²) in [7, 11) is 0. The van der Waals surface area contributed by atoms with Gasteiger partial charge in [0.1, 0.15) is 6.29 Å². The Bertz CT molecular complexity index is 344. The summed E-state index contributed by atoms with van der Waals surface area (Å²) in [5.74, 6) is 0. The summed E-state index contributed by atoms with van der Waals surface area (Å²) in [5.41, 5.74) is 3.03. The van der Waals surface area contributed by atoms with E-state index >= 15 is 0 Å². The molecule has 0 atom stereocenters. The zero-order valence-electron chi connectivity index (χ0n) is 8.36. The van der Waals surface area contributed by atoms with Crippen molar-refractivity contribution in [2.75, 3.05) is 0 Å². The molecule has 0 bridgehead atoms. The third kappa shape index (κ3) is 3.02. The van der Waals surface area contributed by atoms with Crippen LogP contribution in [-0.2, 0) is 11.2 Å². The van der Waals surface area contributed by atoms with Gasteiger partial charge in [0.15, 0.2) is 0 Å². The van der Waals surface area contributed by atoms with Gasteiger partial charge in [0, 0.05) is 0 Å². The fraction of sp³-hybridized carbons (Fsp3) is 0.154. The van der Waals surface area contributed by atoms with Crippen molar-refractivity contribution in [1.82, 2.24) is 0 Å². The van der Waals surface area contributed by atoms with Crippen molar-refractivity contribution in [3.63, 3.8) is 0 Å². The van der Waals surface area contributed by atoms with Crippen molar-refractivity contribution in [2.45, 2.75) is 13.3 Å². The maximum Gasteiger partial charge on any atom is 0.145 e. The fourth-order valence-electron chi connectivity index (χ4n) is 1.21. The Hall–Kier alpha value is -1.63. The average molecular weight is 186 g/mol. The number of rotatable bonds is 4. The van der Waals surface area contributed by atoms with Gasteiger partial charge in [-0.3, -0.25) is 4.79 Å². The van der Waals surface area contributed by atoms with Crippen LogP contribution < -0.4 is 0 Å². The van der Waals surface area contributed by atoms with Crippen LogP contribution in [-0.4, -0.2) is 6.29 Å². The van der Waals surface area contributed by atoms with Crippen LogP contribution in [0.1, 0.15) is 18.1 Å². The van der Waals surface area contributed by atoms with E-state index in [0.29, 0.717) is 0 Å². The van der Waals surface area contributed by atoms with E-state index in [2.05, 4.69) is 6.58 Å². The van der Waals surface area contributed by atoms with E-state index in [0.717, 1.165) is 23.8 Å². The number of aldehydes is 1. The molecule has 0 heterocycles. The largest absolute Gasteiger partial charge is 0.298 e. The number of carbonyl (C=O) groups excluding carboxylic acids is 1. The highest BCUT2D eigenvalue weighted by Gasteiger charge is 1.91. The molecule has 0 aromatic heterocycles. The van der Waals surface area contributed by atoms with Crippen molar-refractivity contribution in [2.24, 2.45) is 0 Å². The molecule has 0 N–H and O–H groups in total. The number of carbonyl (C=O) groups is 1. The SMILES string of the molecule is C=CCc1ccc(/C=C(\C)C=O)cc1. The van der Waals surface area contributed by atoms with Gasteiger partial charge in [-0.05, 0) is 36.1 Å². The monoisotopic (exact) mass is 186 g/mol. The first-order valence-electron chi connectivity index (χ1n) is 4.59. The van der Waals surface area contributed by atoms with E-state index < -0.39 is 0 Å². The summed E-state index contributed by atoms with van der Waals surface area (Å²) in [5, 5.41) is 0. The zero-order valence-corrected chi connectivity index (χ0v) is 8.36. The highest BCUT2D eigenvalue weighted by atomic mass is 16.1. The molecule has 0 saturated carbocycles. The smallest absolute Gasteiger partial charge is 0.145 e. The lowest BCUT2D eigenvalue weighted by Crippen LogP contribution is -1.82. The van der Waals surface area contributed by atoms with E-state index in [1.807, 2.05) is 36.4 Å². The third-order valence-corrected chi connectivity index (χ3v) is 1.94. The van der Waals surface area contributed by atoms with Gasteiger partial charge in [-0.1, -0.05) is 30.3 Å². The van der Waals surface area contributed by atoms with Gasteiger partial charge in [0.25, 0.3) is 0 Å². The number of benzene rings is 1. The third-order valence-electron chi connectivity index (χ3n) is 1.94. The Labute approximate surface area is 84.8 Å². The molecule has 0 saturated heterocycles. The molecule has 0 unspecified atom stereocenters. The normalized spacial score (nSPS) is 11.1. The topological polar surface area (TPSA) is 17.1 Å². The minimum absolute atomic E-state index is 0.737. The second-order valence-electron chi connectivity index (χ2n) is 3.24. The Balaban J connectivity index is 2.82. The minimum atomic E-state index is 0.737. The Kier molecular flexibility index (Phi) is 3.86. The van der Waals surface area contributed by atoms with Gasteiger partial charge in [-0.25, -0.2) is 0 Å². The van der Waals surface area contributed by atoms with Crippen molar-refractivity contribution in [3.8, 4) is 0 Å². The van der Waals surface area contributed by atoms with Crippen molar-refractivity contribution in [3.05, 3.63) is 53.6 Å². The quantitative estimate of drug-likeness (QED) is 0.401. The summed E-state index contributed by atoms with van der Waals surface area (Å²) >= 11 is 0. The molecule has 0 aliphatic carbocycles. The molecule has 0 aliphatic rings. The van der Waals surface area contributed by atoms with Gasteiger partial charge in [0.05, 0.1) is 0 Å². The second-order valence-corrected chi connectivity index (χ2v) is 3.24. The maximum atomic E-state index is 10.4. The lowest BCUT2D eigenvalue weighted by atomic mass is 10.1. The Morgan fingerprint density at radius 1 is 1.36 bits per heavy atom. The molecular weight excluding hydrogens is 172 g/mol. The highest BCUT2D eigenvalue weighted by molar-refractivity contribution is 5.80. The summed E-state index contributed by atoms with van der Waals surface area (Å²) in [6.45, 7) is 5.48. The number of hydrogen-bond acceptors (Lipinski definition) is 1. The van der Waals surface area contributed by atoms with Crippen LogP contribution in [0.5, 0.6) is 0 Å². The first kappa shape index (κ1) is 10.5. The zero-order chi connectivity index (χ0) is 10.4. The first-order valence-corrected chi connectivity index (χ1v) is 4.59. The molecule has 1 nitrogen and oxygen atoms in total. The molecule has 1 rings (SSSR count). The molecule has 0 radical (unpaired) electrons. The Morgan fingerprint density at radius 3 is 2.50 bits per heavy atom. The van der Waals surface area contributed by atoms with Crippen LogP contribution >= 0.6 is 0 Å². The lowest BCUT2D eigenvalue weighted by molar-refractivity contribution is -0.104. The van der Waals surface area contributed by atoms with Crippen LogP contribution in [0, 0.1) is 0 Å². The summed E-state index contributed by atoms with van der Waals surface area (Å²) in [6.07, 6.45) is 5.49. The van der Waals surface area contributed by atoms with Crippen LogP contribution in [0.15, 0.2) is 42.5 Å². The molecule has 0 aliphatic heterocycles. The summed E-state index contributed by atoms with van der Waals surface area (Å²) in [4.78, 5) is 10.4. The van der Waals surface area contributed by atoms with Crippen molar-refractivity contribution < 1.29 is 4.79 Å². The molecule has 0 spiro atoms. The fourth-order valence-corrected chi connectivity index (χ4v) is 1.21. The average Bonchev–Trinajstić information content (AvgIpc) is 2.21. The molecule has 72 valence electrons. The molecule has 14 heavy (non-hydrogen) atoms. The first-order chi connectivity index (χ1) is 6.76. The van der Waals surface area contributed by atoms with Crippen LogP contribution in [0.4, 0.5) is 0 Å². The number of allylic oxidation sites excluding steroid dienone is 2. The van der Waals surface area contributed by atoms with Crippen molar-refractivity contribution in [1.29, 1.82) is 0 Å². The molecule has 0 fully saturated rings. The summed E-state index contributed by atoms with van der Waals surface area (Å²) in [6, 6.07) is 8.11. The van der Waals surface area contributed by atoms with Crippen LogP contribution in [0.3, 0.4) is 0 Å². The predicted octanol–water partition coefficient (Wildman–Crippen LogP) is 3.02. The molecule has 1 aromatic rings. The molecule has 1 heteroatoms.